The van der Waals surface area contributed by atoms with E-state index in [1.165, 1.54) is 56.1 Å². The summed E-state index contributed by atoms with van der Waals surface area (Å²) in [5.41, 5.74) is 2.76. The first-order valence-corrected chi connectivity index (χ1v) is 11.7. The highest BCUT2D eigenvalue weighted by molar-refractivity contribution is 7.80. The van der Waals surface area contributed by atoms with Crippen molar-refractivity contribution in [2.24, 2.45) is 0 Å². The third-order valence-corrected chi connectivity index (χ3v) is 6.68. The van der Waals surface area contributed by atoms with Crippen molar-refractivity contribution in [3.8, 4) is 0 Å². The number of fused-ring (bicyclic) bond motifs is 1. The first-order valence-electron chi connectivity index (χ1n) is 11.3. The van der Waals surface area contributed by atoms with Crippen LogP contribution in [0.5, 0.6) is 0 Å². The van der Waals surface area contributed by atoms with Gasteiger partial charge in [0.25, 0.3) is 0 Å². The molecule has 6 nitrogen and oxygen atoms in total. The summed E-state index contributed by atoms with van der Waals surface area (Å²) in [5, 5.41) is 7.39. The molecule has 0 spiro atoms. The van der Waals surface area contributed by atoms with Crippen LogP contribution >= 0.6 is 12.2 Å². The monoisotopic (exact) mass is 422 g/mol. The maximum absolute atomic E-state index is 5.60. The summed E-state index contributed by atoms with van der Waals surface area (Å²) in [6.45, 7) is 3.88. The van der Waals surface area contributed by atoms with Crippen LogP contribution in [0.2, 0.25) is 0 Å². The zero-order chi connectivity index (χ0) is 20.3. The summed E-state index contributed by atoms with van der Waals surface area (Å²) in [7, 11) is 0. The van der Waals surface area contributed by atoms with Gasteiger partial charge in [-0.2, -0.15) is 9.97 Å². The lowest BCUT2D eigenvalue weighted by molar-refractivity contribution is 0.414. The van der Waals surface area contributed by atoms with E-state index < -0.39 is 0 Å². The highest BCUT2D eigenvalue weighted by Crippen LogP contribution is 2.30. The number of nitrogens with zero attached hydrogens (tertiary/aromatic N) is 4. The largest absolute Gasteiger partial charge is 0.360 e. The smallest absolute Gasteiger partial charge is 0.232 e. The molecule has 0 bridgehead atoms. The Labute approximate surface area is 184 Å². The van der Waals surface area contributed by atoms with Gasteiger partial charge in [0.05, 0.1) is 0 Å². The number of hydrogen-bond acceptors (Lipinski definition) is 5. The summed E-state index contributed by atoms with van der Waals surface area (Å²) >= 11 is 5.60. The number of benzene rings is 1. The van der Waals surface area contributed by atoms with Crippen LogP contribution in [-0.4, -0.2) is 34.2 Å². The molecule has 3 aliphatic rings. The Balaban J connectivity index is 1.36. The summed E-state index contributed by atoms with van der Waals surface area (Å²) in [5.74, 6) is 2.56. The molecule has 2 N–H and O–H groups in total. The Morgan fingerprint density at radius 1 is 0.867 bits per heavy atom. The molecule has 30 heavy (non-hydrogen) atoms. The van der Waals surface area contributed by atoms with Crippen LogP contribution in [-0.2, 0) is 13.1 Å². The molecule has 5 rings (SSSR count). The van der Waals surface area contributed by atoms with Gasteiger partial charge in [0.2, 0.25) is 5.95 Å². The van der Waals surface area contributed by atoms with E-state index in [0.29, 0.717) is 17.1 Å². The number of aromatic nitrogens is 2. The molecule has 0 radical (unpaired) electrons. The second-order valence-corrected chi connectivity index (χ2v) is 9.07. The molecule has 1 aromatic heterocycles. The van der Waals surface area contributed by atoms with E-state index in [4.69, 9.17) is 22.2 Å². The standard InChI is InChI=1S/C23H30N6S/c30-23(24-19-10-2-1-3-11-19)27-22-25-20(28-12-6-7-13-28)14-21(26-22)29-15-17-8-4-5-9-18(17)16-29/h4-5,8-9,14,19H,1-3,6-7,10-13,15-16H2,(H2,24,25,26,27,30). The number of anilines is 3. The van der Waals surface area contributed by atoms with E-state index in [2.05, 4.69) is 50.8 Å². The average molecular weight is 423 g/mol. The van der Waals surface area contributed by atoms with E-state index in [1.54, 1.807) is 0 Å². The fraction of sp³-hybridized carbons (Fsp3) is 0.522. The van der Waals surface area contributed by atoms with E-state index >= 15 is 0 Å². The second kappa shape index (κ2) is 8.76. The fourth-order valence-electron chi connectivity index (χ4n) is 4.81. The third-order valence-electron chi connectivity index (χ3n) is 6.46. The number of nitrogens with one attached hydrogen (secondary N) is 2. The van der Waals surface area contributed by atoms with Gasteiger partial charge in [0.15, 0.2) is 5.11 Å². The molecule has 7 heteroatoms. The fourth-order valence-corrected chi connectivity index (χ4v) is 5.07. The first kappa shape index (κ1) is 19.5. The second-order valence-electron chi connectivity index (χ2n) is 8.66. The Morgan fingerprint density at radius 2 is 1.50 bits per heavy atom. The van der Waals surface area contributed by atoms with Crippen LogP contribution in [0, 0.1) is 0 Å². The van der Waals surface area contributed by atoms with Crippen molar-refractivity contribution < 1.29 is 0 Å². The number of hydrogen-bond donors (Lipinski definition) is 2. The van der Waals surface area contributed by atoms with Gasteiger partial charge in [0, 0.05) is 38.3 Å². The molecule has 1 saturated carbocycles. The van der Waals surface area contributed by atoms with Crippen molar-refractivity contribution in [3.05, 3.63) is 41.5 Å². The summed E-state index contributed by atoms with van der Waals surface area (Å²) in [6, 6.07) is 11.2. The lowest BCUT2D eigenvalue weighted by Crippen LogP contribution is -2.39. The van der Waals surface area contributed by atoms with E-state index in [-0.39, 0.29) is 0 Å². The van der Waals surface area contributed by atoms with Gasteiger partial charge in [-0.15, -0.1) is 0 Å². The molecule has 2 aromatic rings. The third kappa shape index (κ3) is 4.36. The number of rotatable bonds is 4. The topological polar surface area (TPSA) is 56.3 Å². The predicted octanol–water partition coefficient (Wildman–Crippen LogP) is 4.22. The molecule has 158 valence electrons. The molecule has 0 amide bonds. The summed E-state index contributed by atoms with van der Waals surface area (Å²) in [6.07, 6.45) is 8.71. The molecule has 2 aliphatic heterocycles. The van der Waals surface area contributed by atoms with Gasteiger partial charge in [0.1, 0.15) is 11.6 Å². The molecule has 2 fully saturated rings. The van der Waals surface area contributed by atoms with Crippen molar-refractivity contribution in [2.45, 2.75) is 64.1 Å². The van der Waals surface area contributed by atoms with Crippen molar-refractivity contribution >= 4 is 34.9 Å². The van der Waals surface area contributed by atoms with Crippen molar-refractivity contribution in [1.29, 1.82) is 0 Å². The molecule has 1 aliphatic carbocycles. The first-order chi connectivity index (χ1) is 14.7. The minimum atomic E-state index is 0.466. The zero-order valence-corrected chi connectivity index (χ0v) is 18.3. The Hall–Kier alpha value is -2.41. The van der Waals surface area contributed by atoms with Crippen LogP contribution in [0.1, 0.15) is 56.1 Å². The minimum Gasteiger partial charge on any atom is -0.360 e. The minimum absolute atomic E-state index is 0.466. The van der Waals surface area contributed by atoms with Crippen LogP contribution in [0.25, 0.3) is 0 Å². The van der Waals surface area contributed by atoms with E-state index in [9.17, 15) is 0 Å². The normalized spacial score (nSPS) is 19.1. The maximum atomic E-state index is 5.60. The SMILES string of the molecule is S=C(Nc1nc(N2CCCC2)cc(N2Cc3ccccc3C2)n1)NC1CCCCC1. The van der Waals surface area contributed by atoms with E-state index in [0.717, 1.165) is 37.8 Å². The van der Waals surface area contributed by atoms with Gasteiger partial charge in [-0.05, 0) is 49.0 Å². The Kier molecular flexibility index (Phi) is 5.71. The number of thiocarbonyl (C=S) groups is 1. The van der Waals surface area contributed by atoms with Gasteiger partial charge < -0.3 is 20.4 Å². The predicted molar refractivity (Wildman–Crippen MR) is 126 cm³/mol. The van der Waals surface area contributed by atoms with Crippen molar-refractivity contribution in [1.82, 2.24) is 15.3 Å². The summed E-state index contributed by atoms with van der Waals surface area (Å²) in [4.78, 5) is 14.4. The Morgan fingerprint density at radius 3 is 2.17 bits per heavy atom. The van der Waals surface area contributed by atoms with Gasteiger partial charge >= 0.3 is 0 Å². The van der Waals surface area contributed by atoms with Crippen LogP contribution < -0.4 is 20.4 Å². The summed E-state index contributed by atoms with van der Waals surface area (Å²) < 4.78 is 0. The highest BCUT2D eigenvalue weighted by Gasteiger charge is 2.23. The van der Waals surface area contributed by atoms with Crippen molar-refractivity contribution in [3.63, 3.8) is 0 Å². The van der Waals surface area contributed by atoms with Gasteiger partial charge in [-0.1, -0.05) is 43.5 Å². The molecular formula is C23H30N6S. The average Bonchev–Trinajstić information content (AvgIpc) is 3.44. The highest BCUT2D eigenvalue weighted by atomic mass is 32.1. The quantitative estimate of drug-likeness (QED) is 0.716. The van der Waals surface area contributed by atoms with Gasteiger partial charge in [-0.3, -0.25) is 0 Å². The lowest BCUT2D eigenvalue weighted by Gasteiger charge is -2.25. The zero-order valence-electron chi connectivity index (χ0n) is 17.4. The molecular weight excluding hydrogens is 392 g/mol. The Bertz CT molecular complexity index is 879. The molecule has 1 aromatic carbocycles. The molecule has 0 unspecified atom stereocenters. The van der Waals surface area contributed by atoms with Crippen LogP contribution in [0.4, 0.5) is 17.6 Å². The molecule has 0 atom stereocenters. The van der Waals surface area contributed by atoms with E-state index in [1.807, 2.05) is 0 Å². The lowest BCUT2D eigenvalue weighted by atomic mass is 9.96. The molecule has 3 heterocycles. The van der Waals surface area contributed by atoms with Crippen molar-refractivity contribution in [2.75, 3.05) is 28.2 Å². The molecule has 1 saturated heterocycles. The van der Waals surface area contributed by atoms with Gasteiger partial charge in [-0.25, -0.2) is 0 Å². The van der Waals surface area contributed by atoms with Crippen LogP contribution in [0.3, 0.4) is 0 Å². The maximum Gasteiger partial charge on any atom is 0.232 e. The van der Waals surface area contributed by atoms with Crippen LogP contribution in [0.15, 0.2) is 30.3 Å².